The van der Waals surface area contributed by atoms with Gasteiger partial charge in [0.05, 0.1) is 10.6 Å². The van der Waals surface area contributed by atoms with Crippen molar-refractivity contribution in [2.24, 2.45) is 0 Å². The number of phenols is 1. The lowest BCUT2D eigenvalue weighted by atomic mass is 10.1. The standard InChI is InChI=1S/C14H11ClN2O2/c15-10-7-8(5-6-12(10)18)13-16-11-4-2-1-3-9(11)14(19)17-13/h1-7,13,16,18H,(H,17,19)/t13-/m0/s1. The first-order valence-electron chi connectivity index (χ1n) is 5.80. The fourth-order valence-corrected chi connectivity index (χ4v) is 2.27. The Morgan fingerprint density at radius 3 is 2.68 bits per heavy atom. The number of amides is 1. The van der Waals surface area contributed by atoms with Crippen molar-refractivity contribution in [3.63, 3.8) is 0 Å². The molecule has 4 nitrogen and oxygen atoms in total. The van der Waals surface area contributed by atoms with Crippen LogP contribution in [-0.4, -0.2) is 11.0 Å². The lowest BCUT2D eigenvalue weighted by Crippen LogP contribution is -2.38. The van der Waals surface area contributed by atoms with Crippen LogP contribution in [0.15, 0.2) is 42.5 Å². The number of rotatable bonds is 1. The first kappa shape index (κ1) is 11.9. The molecule has 96 valence electrons. The summed E-state index contributed by atoms with van der Waals surface area (Å²) in [5.74, 6) is -0.114. The SMILES string of the molecule is O=C1N[C@@H](c2ccc(O)c(Cl)c2)Nc2ccccc21. The predicted molar refractivity (Wildman–Crippen MR) is 73.4 cm³/mol. The van der Waals surface area contributed by atoms with Gasteiger partial charge in [-0.25, -0.2) is 0 Å². The summed E-state index contributed by atoms with van der Waals surface area (Å²) >= 11 is 5.88. The molecule has 0 aromatic heterocycles. The molecule has 0 unspecified atom stereocenters. The van der Waals surface area contributed by atoms with E-state index in [0.29, 0.717) is 5.56 Å². The zero-order valence-electron chi connectivity index (χ0n) is 9.85. The number of carbonyl (C=O) groups is 1. The van der Waals surface area contributed by atoms with E-state index in [2.05, 4.69) is 10.6 Å². The van der Waals surface area contributed by atoms with Crippen LogP contribution in [0.25, 0.3) is 0 Å². The van der Waals surface area contributed by atoms with E-state index >= 15 is 0 Å². The molecule has 3 N–H and O–H groups in total. The molecular formula is C14H11ClN2O2. The molecule has 1 amide bonds. The number of benzene rings is 2. The predicted octanol–water partition coefficient (Wildman–Crippen LogP) is 2.90. The summed E-state index contributed by atoms with van der Waals surface area (Å²) in [4.78, 5) is 12.0. The van der Waals surface area contributed by atoms with E-state index in [1.165, 1.54) is 6.07 Å². The highest BCUT2D eigenvalue weighted by Gasteiger charge is 2.24. The van der Waals surface area contributed by atoms with Gasteiger partial charge in [-0.05, 0) is 29.8 Å². The van der Waals surface area contributed by atoms with Gasteiger partial charge in [0.25, 0.3) is 5.91 Å². The van der Waals surface area contributed by atoms with E-state index in [1.807, 2.05) is 18.2 Å². The minimum Gasteiger partial charge on any atom is -0.506 e. The van der Waals surface area contributed by atoms with Crippen molar-refractivity contribution in [3.05, 3.63) is 58.6 Å². The number of nitrogens with one attached hydrogen (secondary N) is 2. The van der Waals surface area contributed by atoms with Crippen molar-refractivity contribution in [3.8, 4) is 5.75 Å². The fraction of sp³-hybridized carbons (Fsp3) is 0.0714. The van der Waals surface area contributed by atoms with Gasteiger partial charge in [0, 0.05) is 5.69 Å². The van der Waals surface area contributed by atoms with Crippen LogP contribution in [-0.2, 0) is 0 Å². The van der Waals surface area contributed by atoms with Gasteiger partial charge in [-0.3, -0.25) is 4.79 Å². The van der Waals surface area contributed by atoms with Crippen molar-refractivity contribution in [1.29, 1.82) is 0 Å². The summed E-state index contributed by atoms with van der Waals surface area (Å²) in [7, 11) is 0. The van der Waals surface area contributed by atoms with Crippen LogP contribution in [0.1, 0.15) is 22.1 Å². The Kier molecular flexibility index (Phi) is 2.80. The molecule has 2 aromatic rings. The van der Waals surface area contributed by atoms with Crippen molar-refractivity contribution >= 4 is 23.2 Å². The normalized spacial score (nSPS) is 17.3. The van der Waals surface area contributed by atoms with Gasteiger partial charge in [0.1, 0.15) is 11.9 Å². The molecule has 2 aromatic carbocycles. The highest BCUT2D eigenvalue weighted by molar-refractivity contribution is 6.32. The molecule has 0 aliphatic carbocycles. The van der Waals surface area contributed by atoms with Crippen LogP contribution in [0.4, 0.5) is 5.69 Å². The second-order valence-electron chi connectivity index (χ2n) is 4.31. The quantitative estimate of drug-likeness (QED) is 0.749. The number of halogens is 1. The van der Waals surface area contributed by atoms with Crippen LogP contribution in [0.5, 0.6) is 5.75 Å². The van der Waals surface area contributed by atoms with Gasteiger partial charge in [0.15, 0.2) is 0 Å². The maximum Gasteiger partial charge on any atom is 0.255 e. The monoisotopic (exact) mass is 274 g/mol. The minimum atomic E-state index is -0.361. The third-order valence-corrected chi connectivity index (χ3v) is 3.35. The molecular weight excluding hydrogens is 264 g/mol. The third-order valence-electron chi connectivity index (χ3n) is 3.05. The first-order valence-corrected chi connectivity index (χ1v) is 6.18. The van der Waals surface area contributed by atoms with E-state index in [0.717, 1.165) is 11.3 Å². The molecule has 1 atom stereocenters. The molecule has 0 bridgehead atoms. The largest absolute Gasteiger partial charge is 0.506 e. The van der Waals surface area contributed by atoms with E-state index < -0.39 is 0 Å². The number of hydrogen-bond acceptors (Lipinski definition) is 3. The zero-order valence-corrected chi connectivity index (χ0v) is 10.6. The maximum atomic E-state index is 12.0. The number of fused-ring (bicyclic) bond motifs is 1. The van der Waals surface area contributed by atoms with E-state index in [-0.39, 0.29) is 22.8 Å². The van der Waals surface area contributed by atoms with Gasteiger partial charge >= 0.3 is 0 Å². The Hall–Kier alpha value is -2.20. The molecule has 1 aliphatic heterocycles. The molecule has 5 heteroatoms. The average Bonchev–Trinajstić information content (AvgIpc) is 2.42. The summed E-state index contributed by atoms with van der Waals surface area (Å²) in [6.07, 6.45) is -0.361. The van der Waals surface area contributed by atoms with Gasteiger partial charge in [-0.2, -0.15) is 0 Å². The Morgan fingerprint density at radius 1 is 1.11 bits per heavy atom. The number of carbonyl (C=O) groups excluding carboxylic acids is 1. The lowest BCUT2D eigenvalue weighted by molar-refractivity contribution is 0.0935. The van der Waals surface area contributed by atoms with E-state index in [9.17, 15) is 9.90 Å². The molecule has 3 rings (SSSR count). The van der Waals surface area contributed by atoms with Crippen LogP contribution >= 0.6 is 11.6 Å². The number of anilines is 1. The van der Waals surface area contributed by atoms with Crippen molar-refractivity contribution < 1.29 is 9.90 Å². The highest BCUT2D eigenvalue weighted by atomic mass is 35.5. The Labute approximate surface area is 115 Å². The van der Waals surface area contributed by atoms with Crippen LogP contribution in [0.3, 0.4) is 0 Å². The van der Waals surface area contributed by atoms with E-state index in [1.54, 1.807) is 18.2 Å². The fourth-order valence-electron chi connectivity index (χ4n) is 2.08. The molecule has 0 saturated heterocycles. The lowest BCUT2D eigenvalue weighted by Gasteiger charge is -2.28. The summed E-state index contributed by atoms with van der Waals surface area (Å²) in [6, 6.07) is 12.1. The summed E-state index contributed by atoms with van der Waals surface area (Å²) in [6.45, 7) is 0. The van der Waals surface area contributed by atoms with Crippen molar-refractivity contribution in [2.75, 3.05) is 5.32 Å². The van der Waals surface area contributed by atoms with Gasteiger partial charge in [0.2, 0.25) is 0 Å². The smallest absolute Gasteiger partial charge is 0.255 e. The molecule has 0 fully saturated rings. The topological polar surface area (TPSA) is 61.4 Å². The van der Waals surface area contributed by atoms with Gasteiger partial charge in [-0.1, -0.05) is 29.8 Å². The first-order chi connectivity index (χ1) is 9.15. The van der Waals surface area contributed by atoms with Crippen LogP contribution in [0.2, 0.25) is 5.02 Å². The second kappa shape index (κ2) is 4.48. The maximum absolute atomic E-state index is 12.0. The molecule has 0 spiro atoms. The number of para-hydroxylation sites is 1. The zero-order chi connectivity index (χ0) is 13.4. The van der Waals surface area contributed by atoms with Gasteiger partial charge < -0.3 is 15.7 Å². The molecule has 19 heavy (non-hydrogen) atoms. The number of phenolic OH excluding ortho intramolecular Hbond substituents is 1. The highest BCUT2D eigenvalue weighted by Crippen LogP contribution is 2.30. The van der Waals surface area contributed by atoms with E-state index in [4.69, 9.17) is 11.6 Å². The summed E-state index contributed by atoms with van der Waals surface area (Å²) in [5, 5.41) is 15.7. The Bertz CT molecular complexity index is 658. The second-order valence-corrected chi connectivity index (χ2v) is 4.71. The van der Waals surface area contributed by atoms with Crippen LogP contribution < -0.4 is 10.6 Å². The Morgan fingerprint density at radius 2 is 1.89 bits per heavy atom. The minimum absolute atomic E-state index is 0.0213. The molecule has 1 heterocycles. The third kappa shape index (κ3) is 2.11. The molecule has 1 aliphatic rings. The number of aromatic hydroxyl groups is 1. The Balaban J connectivity index is 1.96. The number of hydrogen-bond donors (Lipinski definition) is 3. The molecule has 0 radical (unpaired) electrons. The van der Waals surface area contributed by atoms with Crippen LogP contribution in [0, 0.1) is 0 Å². The summed E-state index contributed by atoms with van der Waals surface area (Å²) in [5.41, 5.74) is 2.18. The summed E-state index contributed by atoms with van der Waals surface area (Å²) < 4.78 is 0. The van der Waals surface area contributed by atoms with Gasteiger partial charge in [-0.15, -0.1) is 0 Å². The van der Waals surface area contributed by atoms with Crippen molar-refractivity contribution in [1.82, 2.24) is 5.32 Å². The average molecular weight is 275 g/mol. The van der Waals surface area contributed by atoms with Crippen molar-refractivity contribution in [2.45, 2.75) is 6.17 Å². The molecule has 0 saturated carbocycles.